The summed E-state index contributed by atoms with van der Waals surface area (Å²) in [6, 6.07) is 9.97. The molecule has 1 aromatic rings. The summed E-state index contributed by atoms with van der Waals surface area (Å²) in [5.74, 6) is 1.61. The molecule has 5 nitrogen and oxygen atoms in total. The van der Waals surface area contributed by atoms with Crippen molar-refractivity contribution in [3.8, 4) is 0 Å². The fourth-order valence-corrected chi connectivity index (χ4v) is 1.66. The number of aliphatic imine (C=N–C) groups is 2. The van der Waals surface area contributed by atoms with Gasteiger partial charge in [-0.25, -0.2) is 9.98 Å². The quantitative estimate of drug-likeness (QED) is 0.766. The fraction of sp³-hybridized carbons (Fsp3) is 0.333. The average Bonchev–Trinajstić information content (AvgIpc) is 2.34. The maximum Gasteiger partial charge on any atom is 0.207 e. The van der Waals surface area contributed by atoms with Crippen molar-refractivity contribution in [2.24, 2.45) is 9.98 Å². The maximum absolute atomic E-state index is 4.46. The summed E-state index contributed by atoms with van der Waals surface area (Å²) in [6.45, 7) is 1.96. The molecule has 0 spiro atoms. The van der Waals surface area contributed by atoms with Gasteiger partial charge in [-0.3, -0.25) is 4.90 Å². The van der Waals surface area contributed by atoms with Crippen LogP contribution in [0.3, 0.4) is 0 Å². The summed E-state index contributed by atoms with van der Waals surface area (Å²) >= 11 is 0. The Morgan fingerprint density at radius 3 is 2.41 bits per heavy atom. The predicted molar refractivity (Wildman–Crippen MR) is 71.2 cm³/mol. The lowest BCUT2D eigenvalue weighted by Crippen LogP contribution is -2.47. The number of hydrogen-bond acceptors (Lipinski definition) is 5. The smallest absolute Gasteiger partial charge is 0.207 e. The summed E-state index contributed by atoms with van der Waals surface area (Å²) in [6.07, 6.45) is -0.0696. The maximum atomic E-state index is 4.46. The Balaban J connectivity index is 2.16. The van der Waals surface area contributed by atoms with Crippen LogP contribution in [-0.4, -0.2) is 37.1 Å². The second-order valence-electron chi connectivity index (χ2n) is 3.84. The van der Waals surface area contributed by atoms with Crippen LogP contribution in [0.5, 0.6) is 0 Å². The van der Waals surface area contributed by atoms with Gasteiger partial charge in [-0.2, -0.15) is 0 Å². The zero-order valence-corrected chi connectivity index (χ0v) is 10.3. The first kappa shape index (κ1) is 11.4. The van der Waals surface area contributed by atoms with Crippen LogP contribution >= 0.6 is 0 Å². The Morgan fingerprint density at radius 1 is 1.12 bits per heavy atom. The Morgan fingerprint density at radius 2 is 1.76 bits per heavy atom. The van der Waals surface area contributed by atoms with Crippen LogP contribution in [0.4, 0.5) is 5.69 Å². The molecule has 0 aromatic heterocycles. The highest BCUT2D eigenvalue weighted by Gasteiger charge is 2.18. The number of rotatable bonds is 1. The van der Waals surface area contributed by atoms with Gasteiger partial charge in [0, 0.05) is 19.8 Å². The normalized spacial score (nSPS) is 19.5. The largest absolute Gasteiger partial charge is 0.359 e. The van der Waals surface area contributed by atoms with Crippen molar-refractivity contribution in [3.05, 3.63) is 30.3 Å². The molecule has 90 valence electrons. The lowest BCUT2D eigenvalue weighted by molar-refractivity contribution is 0.629. The van der Waals surface area contributed by atoms with Gasteiger partial charge in [0.05, 0.1) is 0 Å². The minimum absolute atomic E-state index is 0.0696. The van der Waals surface area contributed by atoms with Crippen molar-refractivity contribution in [2.45, 2.75) is 13.1 Å². The number of anilines is 1. The molecule has 1 heterocycles. The van der Waals surface area contributed by atoms with E-state index in [1.165, 1.54) is 0 Å². The topological polar surface area (TPSA) is 52.0 Å². The van der Waals surface area contributed by atoms with Crippen molar-refractivity contribution < 1.29 is 0 Å². The average molecular weight is 231 g/mol. The van der Waals surface area contributed by atoms with Gasteiger partial charge >= 0.3 is 0 Å². The molecule has 2 rings (SSSR count). The monoisotopic (exact) mass is 231 g/mol. The first-order chi connectivity index (χ1) is 8.20. The first-order valence-corrected chi connectivity index (χ1v) is 5.60. The molecule has 0 amide bonds. The van der Waals surface area contributed by atoms with Gasteiger partial charge in [-0.05, 0) is 19.1 Å². The first-order valence-electron chi connectivity index (χ1n) is 5.60. The minimum atomic E-state index is -0.0696. The van der Waals surface area contributed by atoms with E-state index in [1.807, 2.05) is 56.3 Å². The predicted octanol–water partition coefficient (Wildman–Crippen LogP) is 1.32. The molecule has 2 N–H and O–H groups in total. The van der Waals surface area contributed by atoms with Crippen LogP contribution in [0.15, 0.2) is 40.3 Å². The third kappa shape index (κ3) is 2.55. The van der Waals surface area contributed by atoms with E-state index in [9.17, 15) is 0 Å². The molecule has 1 aliphatic rings. The molecule has 5 heteroatoms. The molecule has 1 atom stereocenters. The summed E-state index contributed by atoms with van der Waals surface area (Å²) in [5.41, 5.74) is 1.02. The highest BCUT2D eigenvalue weighted by atomic mass is 15.4. The second-order valence-corrected chi connectivity index (χ2v) is 3.84. The molecule has 0 saturated heterocycles. The Kier molecular flexibility index (Phi) is 3.27. The van der Waals surface area contributed by atoms with Gasteiger partial charge in [-0.1, -0.05) is 18.2 Å². The Labute approximate surface area is 101 Å². The number of nitrogens with one attached hydrogen (secondary N) is 2. The molecule has 0 bridgehead atoms. The number of para-hydroxylation sites is 1. The van der Waals surface area contributed by atoms with Crippen LogP contribution in [-0.2, 0) is 0 Å². The zero-order valence-electron chi connectivity index (χ0n) is 10.3. The molecular weight excluding hydrogens is 214 g/mol. The summed E-state index contributed by atoms with van der Waals surface area (Å²) < 4.78 is 0. The van der Waals surface area contributed by atoms with Gasteiger partial charge in [0.2, 0.25) is 11.9 Å². The van der Waals surface area contributed by atoms with Crippen molar-refractivity contribution in [1.29, 1.82) is 0 Å². The lowest BCUT2D eigenvalue weighted by Gasteiger charge is -2.28. The number of hydrogen-bond donors (Lipinski definition) is 2. The van der Waals surface area contributed by atoms with E-state index >= 15 is 0 Å². The van der Waals surface area contributed by atoms with Crippen molar-refractivity contribution in [3.63, 3.8) is 0 Å². The van der Waals surface area contributed by atoms with Crippen LogP contribution in [0.25, 0.3) is 0 Å². The number of nitrogens with zero attached hydrogens (tertiary/aromatic N) is 3. The SMILES string of the molecule is CNC1=NC(C)N=C(Nc2ccccc2)N1C. The van der Waals surface area contributed by atoms with Crippen molar-refractivity contribution >= 4 is 17.6 Å². The van der Waals surface area contributed by atoms with E-state index in [0.29, 0.717) is 0 Å². The summed E-state index contributed by atoms with van der Waals surface area (Å²) in [4.78, 5) is 10.7. The highest BCUT2D eigenvalue weighted by molar-refractivity contribution is 6.06. The molecular formula is C12H17N5. The van der Waals surface area contributed by atoms with E-state index in [-0.39, 0.29) is 6.17 Å². The van der Waals surface area contributed by atoms with E-state index < -0.39 is 0 Å². The van der Waals surface area contributed by atoms with Gasteiger partial charge in [0.25, 0.3) is 0 Å². The van der Waals surface area contributed by atoms with Crippen molar-refractivity contribution in [1.82, 2.24) is 10.2 Å². The molecule has 17 heavy (non-hydrogen) atoms. The third-order valence-corrected chi connectivity index (χ3v) is 2.51. The van der Waals surface area contributed by atoms with Crippen LogP contribution in [0.1, 0.15) is 6.92 Å². The highest BCUT2D eigenvalue weighted by Crippen LogP contribution is 2.10. The van der Waals surface area contributed by atoms with E-state index in [0.717, 1.165) is 17.6 Å². The van der Waals surface area contributed by atoms with E-state index in [1.54, 1.807) is 0 Å². The number of benzene rings is 1. The molecule has 0 saturated carbocycles. The molecule has 1 aliphatic heterocycles. The fourth-order valence-electron chi connectivity index (χ4n) is 1.66. The second kappa shape index (κ2) is 4.86. The van der Waals surface area contributed by atoms with Gasteiger partial charge in [0.15, 0.2) is 0 Å². The standard InChI is InChI=1S/C12H17N5/c1-9-14-11(13-2)17(3)12(15-9)16-10-7-5-4-6-8-10/h4-9H,1-3H3,(H,13,14)(H,15,16). The Hall–Kier alpha value is -2.04. The third-order valence-electron chi connectivity index (χ3n) is 2.51. The van der Waals surface area contributed by atoms with Crippen LogP contribution < -0.4 is 10.6 Å². The summed E-state index contributed by atoms with van der Waals surface area (Å²) in [5, 5.41) is 6.34. The molecule has 1 unspecified atom stereocenters. The Bertz CT molecular complexity index is 437. The van der Waals surface area contributed by atoms with Gasteiger partial charge in [-0.15, -0.1) is 0 Å². The van der Waals surface area contributed by atoms with Crippen LogP contribution in [0.2, 0.25) is 0 Å². The van der Waals surface area contributed by atoms with Crippen molar-refractivity contribution in [2.75, 3.05) is 19.4 Å². The van der Waals surface area contributed by atoms with Crippen LogP contribution in [0, 0.1) is 0 Å². The lowest BCUT2D eigenvalue weighted by atomic mass is 10.3. The summed E-state index contributed by atoms with van der Waals surface area (Å²) in [7, 11) is 3.78. The molecule has 1 aromatic carbocycles. The number of guanidine groups is 2. The molecule has 0 radical (unpaired) electrons. The minimum Gasteiger partial charge on any atom is -0.359 e. The molecule has 0 aliphatic carbocycles. The van der Waals surface area contributed by atoms with Gasteiger partial charge in [0.1, 0.15) is 6.17 Å². The zero-order chi connectivity index (χ0) is 12.3. The van der Waals surface area contributed by atoms with E-state index in [4.69, 9.17) is 0 Å². The molecule has 0 fully saturated rings. The van der Waals surface area contributed by atoms with Gasteiger partial charge < -0.3 is 10.6 Å². The van der Waals surface area contributed by atoms with E-state index in [2.05, 4.69) is 20.6 Å².